The number of urea groups is 1. The van der Waals surface area contributed by atoms with Gasteiger partial charge in [0.2, 0.25) is 0 Å². The lowest BCUT2D eigenvalue weighted by atomic mass is 9.91. The van der Waals surface area contributed by atoms with Gasteiger partial charge in [0.25, 0.3) is 5.91 Å². The monoisotopic (exact) mass is 262 g/mol. The molecule has 2 N–H and O–H groups in total. The molecular weight excluding hydrogens is 244 g/mol. The average Bonchev–Trinajstić information content (AvgIpc) is 2.64. The normalized spacial score (nSPS) is 17.7. The second-order valence-electron chi connectivity index (χ2n) is 4.75. The zero-order chi connectivity index (χ0) is 14.0. The molecule has 0 radical (unpaired) electrons. The van der Waals surface area contributed by atoms with Crippen LogP contribution in [0.4, 0.5) is 4.79 Å². The SMILES string of the molecule is CCC1(CC)C(=O)NC(=O)N1Cc1ccc(O)cc1. The fourth-order valence-electron chi connectivity index (χ4n) is 2.56. The van der Waals surface area contributed by atoms with Gasteiger partial charge in [-0.05, 0) is 30.5 Å². The van der Waals surface area contributed by atoms with Crippen LogP contribution in [0.5, 0.6) is 5.75 Å². The summed E-state index contributed by atoms with van der Waals surface area (Å²) in [6, 6.07) is 6.31. The van der Waals surface area contributed by atoms with E-state index in [4.69, 9.17) is 0 Å². The molecule has 1 heterocycles. The summed E-state index contributed by atoms with van der Waals surface area (Å²) in [6.45, 7) is 4.18. The summed E-state index contributed by atoms with van der Waals surface area (Å²) in [6.07, 6.45) is 1.16. The lowest BCUT2D eigenvalue weighted by molar-refractivity contribution is -0.127. The highest BCUT2D eigenvalue weighted by Gasteiger charge is 2.50. The Morgan fingerprint density at radius 2 is 1.74 bits per heavy atom. The van der Waals surface area contributed by atoms with Crippen molar-refractivity contribution in [2.45, 2.75) is 38.8 Å². The molecule has 1 saturated heterocycles. The highest BCUT2D eigenvalue weighted by Crippen LogP contribution is 2.30. The second-order valence-corrected chi connectivity index (χ2v) is 4.75. The summed E-state index contributed by atoms with van der Waals surface area (Å²) < 4.78 is 0. The average molecular weight is 262 g/mol. The number of phenolic OH excluding ortho intramolecular Hbond substituents is 1. The van der Waals surface area contributed by atoms with Crippen molar-refractivity contribution in [3.05, 3.63) is 29.8 Å². The van der Waals surface area contributed by atoms with Crippen LogP contribution in [-0.2, 0) is 11.3 Å². The van der Waals surface area contributed by atoms with Gasteiger partial charge in [-0.3, -0.25) is 10.1 Å². The minimum atomic E-state index is -0.755. The summed E-state index contributed by atoms with van der Waals surface area (Å²) >= 11 is 0. The van der Waals surface area contributed by atoms with E-state index in [1.54, 1.807) is 29.2 Å². The third kappa shape index (κ3) is 2.16. The van der Waals surface area contributed by atoms with Crippen LogP contribution in [0.3, 0.4) is 0 Å². The Morgan fingerprint density at radius 3 is 2.26 bits per heavy atom. The molecule has 0 aliphatic carbocycles. The molecule has 0 spiro atoms. The molecule has 0 saturated carbocycles. The predicted molar refractivity (Wildman–Crippen MR) is 70.5 cm³/mol. The maximum absolute atomic E-state index is 12.0. The van der Waals surface area contributed by atoms with Gasteiger partial charge in [-0.2, -0.15) is 0 Å². The maximum atomic E-state index is 12.0. The quantitative estimate of drug-likeness (QED) is 0.815. The van der Waals surface area contributed by atoms with Gasteiger partial charge in [-0.25, -0.2) is 4.79 Å². The molecule has 0 bridgehead atoms. The summed E-state index contributed by atoms with van der Waals surface area (Å²) in [5, 5.41) is 11.6. The van der Waals surface area contributed by atoms with E-state index < -0.39 is 5.54 Å². The van der Waals surface area contributed by atoms with Gasteiger partial charge in [0.05, 0.1) is 0 Å². The Hall–Kier alpha value is -2.04. The van der Waals surface area contributed by atoms with Crippen LogP contribution in [0.2, 0.25) is 0 Å². The van der Waals surface area contributed by atoms with Crippen LogP contribution in [-0.4, -0.2) is 27.5 Å². The highest BCUT2D eigenvalue weighted by molar-refractivity contribution is 6.06. The van der Waals surface area contributed by atoms with Gasteiger partial charge in [-0.15, -0.1) is 0 Å². The number of carbonyl (C=O) groups is 2. The van der Waals surface area contributed by atoms with E-state index in [-0.39, 0.29) is 17.7 Å². The first-order valence-electron chi connectivity index (χ1n) is 6.44. The lowest BCUT2D eigenvalue weighted by Gasteiger charge is -2.33. The van der Waals surface area contributed by atoms with Gasteiger partial charge < -0.3 is 10.0 Å². The van der Waals surface area contributed by atoms with Crippen LogP contribution in [0, 0.1) is 0 Å². The van der Waals surface area contributed by atoms with Crippen molar-refractivity contribution < 1.29 is 14.7 Å². The molecule has 5 heteroatoms. The Morgan fingerprint density at radius 1 is 1.16 bits per heavy atom. The molecule has 5 nitrogen and oxygen atoms in total. The number of phenols is 1. The van der Waals surface area contributed by atoms with Gasteiger partial charge in [0, 0.05) is 6.54 Å². The molecule has 0 aromatic heterocycles. The van der Waals surface area contributed by atoms with E-state index in [1.807, 2.05) is 13.8 Å². The van der Waals surface area contributed by atoms with Gasteiger partial charge >= 0.3 is 6.03 Å². The number of hydrogen-bond acceptors (Lipinski definition) is 3. The van der Waals surface area contributed by atoms with Gasteiger partial charge in [-0.1, -0.05) is 26.0 Å². The third-order valence-corrected chi connectivity index (χ3v) is 3.85. The number of hydrogen-bond donors (Lipinski definition) is 2. The fourth-order valence-corrected chi connectivity index (χ4v) is 2.56. The molecule has 19 heavy (non-hydrogen) atoms. The van der Waals surface area contributed by atoms with Crippen molar-refractivity contribution in [1.82, 2.24) is 10.2 Å². The van der Waals surface area contributed by atoms with E-state index in [2.05, 4.69) is 5.32 Å². The van der Waals surface area contributed by atoms with Crippen LogP contribution < -0.4 is 5.32 Å². The molecule has 3 amide bonds. The van der Waals surface area contributed by atoms with Crippen molar-refractivity contribution in [2.24, 2.45) is 0 Å². The number of benzene rings is 1. The van der Waals surface area contributed by atoms with Crippen LogP contribution >= 0.6 is 0 Å². The molecular formula is C14H18N2O3. The number of nitrogens with zero attached hydrogens (tertiary/aromatic N) is 1. The topological polar surface area (TPSA) is 69.6 Å². The molecule has 1 aliphatic heterocycles. The van der Waals surface area contributed by atoms with E-state index >= 15 is 0 Å². The molecule has 1 aliphatic rings. The lowest BCUT2D eigenvalue weighted by Crippen LogP contribution is -2.48. The minimum Gasteiger partial charge on any atom is -0.508 e. The van der Waals surface area contributed by atoms with Crippen molar-refractivity contribution in [2.75, 3.05) is 0 Å². The van der Waals surface area contributed by atoms with E-state index in [1.165, 1.54) is 0 Å². The molecule has 1 aromatic rings. The number of rotatable bonds is 4. The first kappa shape index (κ1) is 13.4. The van der Waals surface area contributed by atoms with Crippen molar-refractivity contribution in [3.8, 4) is 5.75 Å². The van der Waals surface area contributed by atoms with Gasteiger partial charge in [0.1, 0.15) is 11.3 Å². The van der Waals surface area contributed by atoms with Crippen LogP contribution in [0.1, 0.15) is 32.3 Å². The number of nitrogens with one attached hydrogen (secondary N) is 1. The largest absolute Gasteiger partial charge is 0.508 e. The first-order chi connectivity index (χ1) is 9.03. The Balaban J connectivity index is 2.28. The smallest absolute Gasteiger partial charge is 0.325 e. The van der Waals surface area contributed by atoms with Crippen molar-refractivity contribution in [1.29, 1.82) is 0 Å². The maximum Gasteiger partial charge on any atom is 0.325 e. The predicted octanol–water partition coefficient (Wildman–Crippen LogP) is 2.00. The summed E-state index contributed by atoms with van der Waals surface area (Å²) in [4.78, 5) is 25.5. The molecule has 0 atom stereocenters. The summed E-state index contributed by atoms with van der Waals surface area (Å²) in [5.74, 6) is -0.0378. The number of aromatic hydroxyl groups is 1. The van der Waals surface area contributed by atoms with Crippen LogP contribution in [0.15, 0.2) is 24.3 Å². The number of carbonyl (C=O) groups excluding carboxylic acids is 2. The molecule has 1 fully saturated rings. The van der Waals surface area contributed by atoms with E-state index in [0.29, 0.717) is 19.4 Å². The minimum absolute atomic E-state index is 0.183. The first-order valence-corrected chi connectivity index (χ1v) is 6.44. The van der Waals surface area contributed by atoms with Crippen molar-refractivity contribution in [3.63, 3.8) is 0 Å². The summed E-state index contributed by atoms with van der Waals surface area (Å²) in [7, 11) is 0. The van der Waals surface area contributed by atoms with E-state index in [0.717, 1.165) is 5.56 Å². The van der Waals surface area contributed by atoms with Crippen LogP contribution in [0.25, 0.3) is 0 Å². The van der Waals surface area contributed by atoms with Gasteiger partial charge in [0.15, 0.2) is 0 Å². The second kappa shape index (κ2) is 4.91. The van der Waals surface area contributed by atoms with Crippen molar-refractivity contribution >= 4 is 11.9 Å². The molecule has 102 valence electrons. The Kier molecular flexibility index (Phi) is 3.46. The highest BCUT2D eigenvalue weighted by atomic mass is 16.3. The molecule has 1 aromatic carbocycles. The zero-order valence-electron chi connectivity index (χ0n) is 11.1. The van der Waals surface area contributed by atoms with E-state index in [9.17, 15) is 14.7 Å². The number of amides is 3. The zero-order valence-corrected chi connectivity index (χ0v) is 11.1. The Labute approximate surface area is 112 Å². The summed E-state index contributed by atoms with van der Waals surface area (Å²) in [5.41, 5.74) is 0.128. The Bertz CT molecular complexity index is 492. The standard InChI is InChI=1S/C14H18N2O3/c1-3-14(4-2)12(18)15-13(19)16(14)9-10-5-7-11(17)8-6-10/h5-8,17H,3-4,9H2,1-2H3,(H,15,18,19). The number of imide groups is 1. The molecule has 2 rings (SSSR count). The molecule has 0 unspecified atom stereocenters. The third-order valence-electron chi connectivity index (χ3n) is 3.85. The fraction of sp³-hybridized carbons (Fsp3) is 0.429.